The number of aryl methyl sites for hydroxylation is 1. The number of hydrogen-bond donors (Lipinski definition) is 0. The Balaban J connectivity index is 2.13. The van der Waals surface area contributed by atoms with Crippen molar-refractivity contribution in [3.8, 4) is 0 Å². The van der Waals surface area contributed by atoms with Crippen molar-refractivity contribution in [2.24, 2.45) is 0 Å². The van der Waals surface area contributed by atoms with Gasteiger partial charge in [-0.2, -0.15) is 0 Å². The van der Waals surface area contributed by atoms with Crippen molar-refractivity contribution in [3.63, 3.8) is 0 Å². The van der Waals surface area contributed by atoms with Crippen LogP contribution in [0, 0.1) is 0 Å². The van der Waals surface area contributed by atoms with Crippen molar-refractivity contribution < 1.29 is 0 Å². The molecule has 0 N–H and O–H groups in total. The number of unbranched alkanes of at least 4 members (excludes halogenated alkanes) is 1. The van der Waals surface area contributed by atoms with Gasteiger partial charge in [-0.05, 0) is 24.8 Å². The number of alkyl halides is 2. The van der Waals surface area contributed by atoms with Gasteiger partial charge >= 0.3 is 0 Å². The fourth-order valence-electron chi connectivity index (χ4n) is 1.27. The first-order valence-electron chi connectivity index (χ1n) is 4.61. The summed E-state index contributed by atoms with van der Waals surface area (Å²) in [5.74, 6) is 0. The van der Waals surface area contributed by atoms with E-state index in [2.05, 4.69) is 24.3 Å². The molecule has 0 radical (unpaired) electrons. The first-order chi connectivity index (χ1) is 6.29. The van der Waals surface area contributed by atoms with Crippen molar-refractivity contribution >= 4 is 23.2 Å². The second-order valence-electron chi connectivity index (χ2n) is 3.12. The van der Waals surface area contributed by atoms with E-state index in [1.54, 1.807) is 0 Å². The van der Waals surface area contributed by atoms with Gasteiger partial charge in [0.2, 0.25) is 0 Å². The summed E-state index contributed by atoms with van der Waals surface area (Å²) >= 11 is 11.2. The van der Waals surface area contributed by atoms with Crippen molar-refractivity contribution in [1.29, 1.82) is 0 Å². The summed E-state index contributed by atoms with van der Waals surface area (Å²) in [5.41, 5.74) is 1.39. The van der Waals surface area contributed by atoms with Crippen molar-refractivity contribution in [2.45, 2.75) is 30.5 Å². The second kappa shape index (κ2) is 6.28. The van der Waals surface area contributed by atoms with E-state index in [-0.39, 0.29) is 4.84 Å². The standard InChI is InChI=1S/C11H14Cl2/c12-11(13)9-5-4-8-10-6-2-1-3-7-10/h1-3,6-7,11H,4-5,8-9H2. The van der Waals surface area contributed by atoms with Crippen LogP contribution < -0.4 is 0 Å². The van der Waals surface area contributed by atoms with Crippen LogP contribution in [0.4, 0.5) is 0 Å². The molecule has 0 aliphatic rings. The Labute approximate surface area is 89.9 Å². The summed E-state index contributed by atoms with van der Waals surface area (Å²) in [6.07, 6.45) is 4.30. The third-order valence-corrected chi connectivity index (χ3v) is 2.42. The van der Waals surface area contributed by atoms with Crippen LogP contribution in [-0.4, -0.2) is 4.84 Å². The van der Waals surface area contributed by atoms with Gasteiger partial charge in [0.25, 0.3) is 0 Å². The molecule has 0 spiro atoms. The molecule has 0 saturated heterocycles. The zero-order valence-electron chi connectivity index (χ0n) is 7.55. The topological polar surface area (TPSA) is 0 Å². The molecule has 0 aromatic heterocycles. The lowest BCUT2D eigenvalue weighted by Gasteiger charge is -2.01. The Bertz CT molecular complexity index is 219. The number of rotatable bonds is 5. The summed E-state index contributed by atoms with van der Waals surface area (Å²) in [6.45, 7) is 0. The zero-order valence-corrected chi connectivity index (χ0v) is 9.06. The fourth-order valence-corrected chi connectivity index (χ4v) is 1.58. The molecular weight excluding hydrogens is 203 g/mol. The predicted octanol–water partition coefficient (Wildman–Crippen LogP) is 4.20. The molecule has 0 bridgehead atoms. The van der Waals surface area contributed by atoms with Crippen LogP contribution in [0.3, 0.4) is 0 Å². The molecule has 0 fully saturated rings. The molecule has 0 unspecified atom stereocenters. The molecule has 0 aliphatic carbocycles. The monoisotopic (exact) mass is 216 g/mol. The quantitative estimate of drug-likeness (QED) is 0.512. The largest absolute Gasteiger partial charge is 0.107 e. The van der Waals surface area contributed by atoms with Crippen molar-refractivity contribution in [1.82, 2.24) is 0 Å². The lowest BCUT2D eigenvalue weighted by Crippen LogP contribution is -1.89. The Morgan fingerprint density at radius 2 is 1.69 bits per heavy atom. The Kier molecular flexibility index (Phi) is 5.26. The zero-order chi connectivity index (χ0) is 9.52. The van der Waals surface area contributed by atoms with E-state index in [0.29, 0.717) is 0 Å². The minimum Gasteiger partial charge on any atom is -0.105 e. The van der Waals surface area contributed by atoms with Crippen molar-refractivity contribution in [3.05, 3.63) is 35.9 Å². The van der Waals surface area contributed by atoms with E-state index >= 15 is 0 Å². The normalized spacial score (nSPS) is 10.7. The third kappa shape index (κ3) is 5.17. The summed E-state index contributed by atoms with van der Waals surface area (Å²) in [4.78, 5) is -0.198. The van der Waals surface area contributed by atoms with Gasteiger partial charge in [-0.3, -0.25) is 0 Å². The molecular formula is C11H14Cl2. The van der Waals surface area contributed by atoms with Gasteiger partial charge in [0, 0.05) is 0 Å². The molecule has 0 nitrogen and oxygen atoms in total. The van der Waals surface area contributed by atoms with Crippen LogP contribution in [0.2, 0.25) is 0 Å². The SMILES string of the molecule is ClC(Cl)CCCCc1ccccc1. The highest BCUT2D eigenvalue weighted by Crippen LogP contribution is 2.13. The molecule has 2 heteroatoms. The van der Waals surface area contributed by atoms with Crippen LogP contribution in [0.1, 0.15) is 24.8 Å². The highest BCUT2D eigenvalue weighted by molar-refractivity contribution is 6.44. The number of halogens is 2. The van der Waals surface area contributed by atoms with E-state index in [0.717, 1.165) is 19.3 Å². The molecule has 1 aromatic rings. The summed E-state index contributed by atoms with van der Waals surface area (Å²) in [6, 6.07) is 10.5. The van der Waals surface area contributed by atoms with E-state index in [9.17, 15) is 0 Å². The average molecular weight is 217 g/mol. The highest BCUT2D eigenvalue weighted by atomic mass is 35.5. The van der Waals surface area contributed by atoms with Crippen LogP contribution in [0.5, 0.6) is 0 Å². The molecule has 72 valence electrons. The minimum atomic E-state index is -0.198. The van der Waals surface area contributed by atoms with Gasteiger partial charge in [0.15, 0.2) is 0 Å². The maximum atomic E-state index is 5.62. The third-order valence-electron chi connectivity index (χ3n) is 1.98. The van der Waals surface area contributed by atoms with Gasteiger partial charge in [0.05, 0.1) is 0 Å². The molecule has 0 amide bonds. The van der Waals surface area contributed by atoms with Gasteiger partial charge in [-0.1, -0.05) is 36.8 Å². The first-order valence-corrected chi connectivity index (χ1v) is 5.48. The highest BCUT2D eigenvalue weighted by Gasteiger charge is 1.98. The second-order valence-corrected chi connectivity index (χ2v) is 4.40. The summed E-state index contributed by atoms with van der Waals surface area (Å²) in [5, 5.41) is 0. The smallest absolute Gasteiger partial charge is 0.105 e. The lowest BCUT2D eigenvalue weighted by atomic mass is 10.1. The van der Waals surface area contributed by atoms with Crippen molar-refractivity contribution in [2.75, 3.05) is 0 Å². The number of benzene rings is 1. The molecule has 0 aliphatic heterocycles. The fraction of sp³-hybridized carbons (Fsp3) is 0.455. The molecule has 1 rings (SSSR count). The summed E-state index contributed by atoms with van der Waals surface area (Å²) < 4.78 is 0. The van der Waals surface area contributed by atoms with E-state index < -0.39 is 0 Å². The maximum absolute atomic E-state index is 5.62. The molecule has 1 aromatic carbocycles. The van der Waals surface area contributed by atoms with Gasteiger partial charge in [0.1, 0.15) is 4.84 Å². The van der Waals surface area contributed by atoms with Gasteiger partial charge < -0.3 is 0 Å². The minimum absolute atomic E-state index is 0.198. The molecule has 0 heterocycles. The number of hydrogen-bond acceptors (Lipinski definition) is 0. The predicted molar refractivity (Wildman–Crippen MR) is 59.5 cm³/mol. The maximum Gasteiger partial charge on any atom is 0.107 e. The van der Waals surface area contributed by atoms with Gasteiger partial charge in [-0.25, -0.2) is 0 Å². The van der Waals surface area contributed by atoms with Crippen LogP contribution in [0.15, 0.2) is 30.3 Å². The van der Waals surface area contributed by atoms with Crippen LogP contribution >= 0.6 is 23.2 Å². The molecule has 0 saturated carbocycles. The van der Waals surface area contributed by atoms with E-state index in [1.165, 1.54) is 12.0 Å². The van der Waals surface area contributed by atoms with Crippen LogP contribution in [-0.2, 0) is 6.42 Å². The average Bonchev–Trinajstić information content (AvgIpc) is 2.14. The Morgan fingerprint density at radius 3 is 2.31 bits per heavy atom. The van der Waals surface area contributed by atoms with E-state index in [1.807, 2.05) is 6.07 Å². The van der Waals surface area contributed by atoms with Gasteiger partial charge in [-0.15, -0.1) is 23.2 Å². The Morgan fingerprint density at radius 1 is 1.00 bits per heavy atom. The molecule has 0 atom stereocenters. The summed E-state index contributed by atoms with van der Waals surface area (Å²) in [7, 11) is 0. The Hall–Kier alpha value is -0.200. The first kappa shape index (κ1) is 10.9. The molecule has 13 heavy (non-hydrogen) atoms. The van der Waals surface area contributed by atoms with Crippen LogP contribution in [0.25, 0.3) is 0 Å². The van der Waals surface area contributed by atoms with E-state index in [4.69, 9.17) is 23.2 Å². The lowest BCUT2D eigenvalue weighted by molar-refractivity contribution is 0.707.